The molecule has 1 aromatic carbocycles. The molecule has 0 spiro atoms. The van der Waals surface area contributed by atoms with Gasteiger partial charge < -0.3 is 4.74 Å². The average Bonchev–Trinajstić information content (AvgIpc) is 3.25. The molecule has 0 heterocycles. The Morgan fingerprint density at radius 1 is 1.00 bits per heavy atom. The van der Waals surface area contributed by atoms with Crippen molar-refractivity contribution < 1.29 is 9.53 Å². The van der Waals surface area contributed by atoms with Gasteiger partial charge >= 0.3 is 5.97 Å². The molecule has 5 rings (SSSR count). The summed E-state index contributed by atoms with van der Waals surface area (Å²) in [5, 5.41) is 0. The van der Waals surface area contributed by atoms with Gasteiger partial charge in [-0.15, -0.1) is 0 Å². The second-order valence-corrected chi connectivity index (χ2v) is 13.9. The Morgan fingerprint density at radius 3 is 2.49 bits per heavy atom. The molecule has 7 unspecified atom stereocenters. The second kappa shape index (κ2) is 10.4. The van der Waals surface area contributed by atoms with E-state index in [0.29, 0.717) is 11.0 Å². The summed E-state index contributed by atoms with van der Waals surface area (Å²) in [5.74, 6) is 3.93. The van der Waals surface area contributed by atoms with Crippen LogP contribution in [0, 0.1) is 40.4 Å². The fourth-order valence-electron chi connectivity index (χ4n) is 8.82. The number of benzene rings is 1. The fraction of sp³-hybridized carbons (Fsp3) is 0.686. The molecule has 4 aliphatic rings. The van der Waals surface area contributed by atoms with E-state index in [4.69, 9.17) is 4.74 Å². The number of carbonyl (C=O) groups is 1. The summed E-state index contributed by atoms with van der Waals surface area (Å²) in [6.45, 7) is 14.9. The summed E-state index contributed by atoms with van der Waals surface area (Å²) in [4.78, 5) is 12.7. The molecule has 0 aliphatic heterocycles. The lowest BCUT2D eigenvalue weighted by Crippen LogP contribution is -2.42. The van der Waals surface area contributed by atoms with Crippen molar-refractivity contribution in [1.29, 1.82) is 0 Å². The molecule has 2 nitrogen and oxygen atoms in total. The molecule has 0 radical (unpaired) electrons. The average molecular weight is 503 g/mol. The van der Waals surface area contributed by atoms with Crippen molar-refractivity contribution in [1.82, 2.24) is 0 Å². The number of hydrogen-bond acceptors (Lipinski definition) is 2. The Morgan fingerprint density at radius 2 is 1.76 bits per heavy atom. The first-order valence-corrected chi connectivity index (χ1v) is 15.3. The number of ether oxygens (including phenoxy) is 1. The third kappa shape index (κ3) is 4.87. The fourth-order valence-corrected chi connectivity index (χ4v) is 8.82. The SMILES string of the molecule is CC(C)C(C)CCC(C)C1CCC2C3=C(CCC21C)C1(C)CCC(OC(=O)c2ccccc2)CC1=CC3. The topological polar surface area (TPSA) is 26.3 Å². The highest BCUT2D eigenvalue weighted by molar-refractivity contribution is 5.89. The lowest BCUT2D eigenvalue weighted by molar-refractivity contribution is 0.0191. The highest BCUT2D eigenvalue weighted by atomic mass is 16.5. The summed E-state index contributed by atoms with van der Waals surface area (Å²) >= 11 is 0. The van der Waals surface area contributed by atoms with Crippen LogP contribution in [0.1, 0.15) is 116 Å². The van der Waals surface area contributed by atoms with E-state index in [1.807, 2.05) is 35.9 Å². The summed E-state index contributed by atoms with van der Waals surface area (Å²) < 4.78 is 5.99. The maximum atomic E-state index is 12.7. The Bertz CT molecular complexity index is 1050. The van der Waals surface area contributed by atoms with Gasteiger partial charge in [0, 0.05) is 11.8 Å². The van der Waals surface area contributed by atoms with E-state index < -0.39 is 0 Å². The van der Waals surface area contributed by atoms with Gasteiger partial charge in [0.15, 0.2) is 0 Å². The molecule has 2 heteroatoms. The summed E-state index contributed by atoms with van der Waals surface area (Å²) in [6.07, 6.45) is 14.9. The van der Waals surface area contributed by atoms with Gasteiger partial charge in [0.05, 0.1) is 5.56 Å². The Labute approximate surface area is 226 Å². The minimum atomic E-state index is -0.173. The van der Waals surface area contributed by atoms with E-state index in [1.165, 1.54) is 44.1 Å². The van der Waals surface area contributed by atoms with Crippen LogP contribution in [-0.4, -0.2) is 12.1 Å². The first-order valence-electron chi connectivity index (χ1n) is 15.3. The third-order valence-corrected chi connectivity index (χ3v) is 11.7. The molecule has 2 fully saturated rings. The summed E-state index contributed by atoms with van der Waals surface area (Å²) in [7, 11) is 0. The van der Waals surface area contributed by atoms with Gasteiger partial charge in [-0.2, -0.15) is 0 Å². The molecule has 0 bridgehead atoms. The van der Waals surface area contributed by atoms with E-state index in [2.05, 4.69) is 47.6 Å². The third-order valence-electron chi connectivity index (χ3n) is 11.7. The van der Waals surface area contributed by atoms with Crippen molar-refractivity contribution >= 4 is 5.97 Å². The smallest absolute Gasteiger partial charge is 0.338 e. The number of hydrogen-bond donors (Lipinski definition) is 0. The normalized spacial score (nSPS) is 34.8. The first kappa shape index (κ1) is 26.8. The standard InChI is InChI=1S/C35H50O2/c1-23(2)24(3)12-13-25(4)30-16-17-31-29-15-14-27-22-28(37-33(36)26-10-8-7-9-11-26)18-20-34(27,5)32(29)19-21-35(30,31)6/h7-11,14,23-25,28,30-31H,12-13,15-22H2,1-6H3. The minimum Gasteiger partial charge on any atom is -0.458 e. The summed E-state index contributed by atoms with van der Waals surface area (Å²) in [6, 6.07) is 9.46. The molecule has 0 N–H and O–H groups in total. The van der Waals surface area contributed by atoms with Crippen LogP contribution < -0.4 is 0 Å². The van der Waals surface area contributed by atoms with Gasteiger partial charge in [0.25, 0.3) is 0 Å². The van der Waals surface area contributed by atoms with E-state index in [-0.39, 0.29) is 17.5 Å². The van der Waals surface area contributed by atoms with Crippen LogP contribution in [-0.2, 0) is 4.74 Å². The highest BCUT2D eigenvalue weighted by Crippen LogP contribution is 2.65. The molecule has 2 saturated carbocycles. The molecule has 202 valence electrons. The maximum Gasteiger partial charge on any atom is 0.338 e. The molecular formula is C35H50O2. The van der Waals surface area contributed by atoms with Crippen LogP contribution in [0.3, 0.4) is 0 Å². The number of rotatable bonds is 7. The van der Waals surface area contributed by atoms with Crippen molar-refractivity contribution in [3.63, 3.8) is 0 Å². The quantitative estimate of drug-likeness (QED) is 0.274. The minimum absolute atomic E-state index is 0.00739. The van der Waals surface area contributed by atoms with E-state index in [9.17, 15) is 4.79 Å². The van der Waals surface area contributed by atoms with Crippen molar-refractivity contribution in [2.24, 2.45) is 40.4 Å². The predicted molar refractivity (Wildman–Crippen MR) is 153 cm³/mol. The maximum absolute atomic E-state index is 12.7. The second-order valence-electron chi connectivity index (χ2n) is 13.9. The molecule has 1 aromatic rings. The van der Waals surface area contributed by atoms with Crippen molar-refractivity contribution in [2.75, 3.05) is 0 Å². The first-order chi connectivity index (χ1) is 17.6. The van der Waals surface area contributed by atoms with Gasteiger partial charge in [-0.1, -0.05) is 95.4 Å². The van der Waals surface area contributed by atoms with Crippen LogP contribution in [0.5, 0.6) is 0 Å². The Hall–Kier alpha value is -1.83. The van der Waals surface area contributed by atoms with Crippen LogP contribution in [0.25, 0.3) is 0 Å². The largest absolute Gasteiger partial charge is 0.458 e. The molecule has 0 aromatic heterocycles. The molecule has 37 heavy (non-hydrogen) atoms. The zero-order valence-electron chi connectivity index (χ0n) is 24.3. The number of fused-ring (bicyclic) bond motifs is 4. The van der Waals surface area contributed by atoms with Gasteiger partial charge in [0.1, 0.15) is 6.10 Å². The van der Waals surface area contributed by atoms with Crippen LogP contribution in [0.15, 0.2) is 53.1 Å². The van der Waals surface area contributed by atoms with Crippen LogP contribution >= 0.6 is 0 Å². The molecule has 0 saturated heterocycles. The molecule has 7 atom stereocenters. The van der Waals surface area contributed by atoms with Crippen molar-refractivity contribution in [2.45, 2.75) is 112 Å². The number of allylic oxidation sites excluding steroid dienone is 3. The van der Waals surface area contributed by atoms with Gasteiger partial charge in [-0.05, 0) is 92.1 Å². The summed E-state index contributed by atoms with van der Waals surface area (Å²) in [5.41, 5.74) is 6.45. The zero-order chi connectivity index (χ0) is 26.4. The Balaban J connectivity index is 1.27. The van der Waals surface area contributed by atoms with E-state index in [1.54, 1.807) is 5.57 Å². The van der Waals surface area contributed by atoms with Crippen molar-refractivity contribution in [3.05, 3.63) is 58.7 Å². The van der Waals surface area contributed by atoms with Gasteiger partial charge in [-0.25, -0.2) is 4.79 Å². The zero-order valence-corrected chi connectivity index (χ0v) is 24.3. The van der Waals surface area contributed by atoms with Crippen LogP contribution in [0.2, 0.25) is 0 Å². The number of esters is 1. The van der Waals surface area contributed by atoms with E-state index >= 15 is 0 Å². The van der Waals surface area contributed by atoms with Gasteiger partial charge in [0.2, 0.25) is 0 Å². The lowest BCUT2D eigenvalue weighted by Gasteiger charge is -2.52. The van der Waals surface area contributed by atoms with E-state index in [0.717, 1.165) is 55.3 Å². The molecule has 0 amide bonds. The monoisotopic (exact) mass is 502 g/mol. The van der Waals surface area contributed by atoms with Gasteiger partial charge in [-0.3, -0.25) is 0 Å². The van der Waals surface area contributed by atoms with Crippen LogP contribution in [0.4, 0.5) is 0 Å². The molecular weight excluding hydrogens is 452 g/mol. The number of carbonyl (C=O) groups excluding carboxylic acids is 1. The molecule has 4 aliphatic carbocycles. The van der Waals surface area contributed by atoms with Crippen molar-refractivity contribution in [3.8, 4) is 0 Å². The highest BCUT2D eigenvalue weighted by Gasteiger charge is 2.54. The predicted octanol–water partition coefficient (Wildman–Crippen LogP) is 9.56. The Kier molecular flexibility index (Phi) is 7.51. The lowest BCUT2D eigenvalue weighted by atomic mass is 9.53.